The first kappa shape index (κ1) is 15.9. The lowest BCUT2D eigenvalue weighted by Crippen LogP contribution is -2.26. The van der Waals surface area contributed by atoms with Crippen molar-refractivity contribution in [1.82, 2.24) is 0 Å². The van der Waals surface area contributed by atoms with Gasteiger partial charge in [0.25, 0.3) is 10.0 Å². The Hall–Kier alpha value is -1.44. The van der Waals surface area contributed by atoms with Crippen LogP contribution in [0, 0.1) is 0 Å². The molecule has 0 aliphatic rings. The lowest BCUT2D eigenvalue weighted by molar-refractivity contribution is 0.594. The quantitative estimate of drug-likeness (QED) is 0.823. The molecule has 0 aliphatic heterocycles. The van der Waals surface area contributed by atoms with Crippen molar-refractivity contribution in [3.63, 3.8) is 0 Å². The predicted octanol–water partition coefficient (Wildman–Crippen LogP) is 2.91. The highest BCUT2D eigenvalue weighted by molar-refractivity contribution is 9.10. The topological polar surface area (TPSA) is 63.4 Å². The Bertz CT molecular complexity index is 774. The van der Waals surface area contributed by atoms with Crippen LogP contribution in [0.1, 0.15) is 5.56 Å². The van der Waals surface area contributed by atoms with Crippen LogP contribution >= 0.6 is 28.1 Å². The van der Waals surface area contributed by atoms with Gasteiger partial charge in [0.05, 0.1) is 10.6 Å². The maximum Gasteiger partial charge on any atom is 0.264 e. The first-order valence-electron chi connectivity index (χ1n) is 5.97. The summed E-state index contributed by atoms with van der Waals surface area (Å²) in [4.78, 5) is 0.497. The second kappa shape index (κ2) is 6.13. The Balaban J connectivity index is 2.38. The van der Waals surface area contributed by atoms with Gasteiger partial charge in [-0.25, -0.2) is 8.42 Å². The second-order valence-corrected chi connectivity index (χ2v) is 7.67. The van der Waals surface area contributed by atoms with E-state index < -0.39 is 10.0 Å². The van der Waals surface area contributed by atoms with Crippen LogP contribution in [0.4, 0.5) is 5.69 Å². The van der Waals surface area contributed by atoms with E-state index in [0.717, 1.165) is 0 Å². The standard InChI is InChI=1S/C14H13BrN2O2S2/c1-17(12-7-5-10(6-8-12)14(16)20)21(18,19)13-4-2-3-11(15)9-13/h2-9H,1H3,(H2,16,20). The van der Waals surface area contributed by atoms with Gasteiger partial charge < -0.3 is 5.73 Å². The van der Waals surface area contributed by atoms with Crippen molar-refractivity contribution in [3.8, 4) is 0 Å². The maximum atomic E-state index is 12.6. The third-order valence-electron chi connectivity index (χ3n) is 2.97. The molecule has 0 saturated carbocycles. The summed E-state index contributed by atoms with van der Waals surface area (Å²) < 4.78 is 27.0. The van der Waals surface area contributed by atoms with Gasteiger partial charge in [-0.3, -0.25) is 4.31 Å². The average Bonchev–Trinajstić information content (AvgIpc) is 2.46. The summed E-state index contributed by atoms with van der Waals surface area (Å²) in [6.07, 6.45) is 0. The van der Waals surface area contributed by atoms with Crippen LogP contribution in [0.2, 0.25) is 0 Å². The largest absolute Gasteiger partial charge is 0.389 e. The third kappa shape index (κ3) is 3.42. The molecule has 7 heteroatoms. The van der Waals surface area contributed by atoms with E-state index in [1.54, 1.807) is 48.5 Å². The highest BCUT2D eigenvalue weighted by atomic mass is 79.9. The van der Waals surface area contributed by atoms with Crippen LogP contribution in [-0.2, 0) is 10.0 Å². The summed E-state index contributed by atoms with van der Waals surface area (Å²) in [6.45, 7) is 0. The van der Waals surface area contributed by atoms with Crippen molar-refractivity contribution in [2.75, 3.05) is 11.4 Å². The van der Waals surface area contributed by atoms with Gasteiger partial charge in [0.15, 0.2) is 0 Å². The van der Waals surface area contributed by atoms with E-state index in [0.29, 0.717) is 15.7 Å². The fourth-order valence-corrected chi connectivity index (χ4v) is 3.69. The van der Waals surface area contributed by atoms with Gasteiger partial charge in [-0.1, -0.05) is 34.2 Å². The molecule has 0 bridgehead atoms. The Kier molecular flexibility index (Phi) is 4.65. The van der Waals surface area contributed by atoms with Crippen molar-refractivity contribution in [2.24, 2.45) is 5.73 Å². The molecule has 21 heavy (non-hydrogen) atoms. The normalized spacial score (nSPS) is 11.1. The van der Waals surface area contributed by atoms with E-state index in [1.165, 1.54) is 11.4 Å². The molecular weight excluding hydrogens is 372 g/mol. The Morgan fingerprint density at radius 1 is 1.19 bits per heavy atom. The first-order valence-corrected chi connectivity index (χ1v) is 8.61. The second-order valence-electron chi connectivity index (χ2n) is 4.34. The molecule has 2 rings (SSSR count). The summed E-state index contributed by atoms with van der Waals surface area (Å²) >= 11 is 8.15. The monoisotopic (exact) mass is 384 g/mol. The summed E-state index contributed by atoms with van der Waals surface area (Å²) in [7, 11) is -2.10. The molecule has 0 unspecified atom stereocenters. The van der Waals surface area contributed by atoms with Gasteiger partial charge in [-0.2, -0.15) is 0 Å². The number of nitrogens with two attached hydrogens (primary N) is 1. The summed E-state index contributed by atoms with van der Waals surface area (Å²) in [5.74, 6) is 0. The van der Waals surface area contributed by atoms with Crippen LogP contribution in [-0.4, -0.2) is 20.5 Å². The van der Waals surface area contributed by atoms with Gasteiger partial charge >= 0.3 is 0 Å². The van der Waals surface area contributed by atoms with Gasteiger partial charge in [0.2, 0.25) is 0 Å². The predicted molar refractivity (Wildman–Crippen MR) is 92.1 cm³/mol. The molecular formula is C14H13BrN2O2S2. The number of hydrogen-bond acceptors (Lipinski definition) is 3. The van der Waals surface area contributed by atoms with Crippen molar-refractivity contribution in [2.45, 2.75) is 4.90 Å². The first-order chi connectivity index (χ1) is 9.82. The summed E-state index contributed by atoms with van der Waals surface area (Å²) in [5.41, 5.74) is 6.76. The van der Waals surface area contributed by atoms with Crippen LogP contribution in [0.25, 0.3) is 0 Å². The SMILES string of the molecule is CN(c1ccc(C(N)=S)cc1)S(=O)(=O)c1cccc(Br)c1. The van der Waals surface area contributed by atoms with Crippen molar-refractivity contribution in [1.29, 1.82) is 0 Å². The molecule has 0 radical (unpaired) electrons. The summed E-state index contributed by atoms with van der Waals surface area (Å²) in [5, 5.41) is 0. The number of thiocarbonyl (C=S) groups is 1. The fraction of sp³-hybridized carbons (Fsp3) is 0.0714. The average molecular weight is 385 g/mol. The molecule has 0 saturated heterocycles. The van der Waals surface area contributed by atoms with Crippen LogP contribution < -0.4 is 10.0 Å². The van der Waals surface area contributed by atoms with Gasteiger partial charge in [-0.05, 0) is 42.5 Å². The van der Waals surface area contributed by atoms with Gasteiger partial charge in [0.1, 0.15) is 4.99 Å². The number of benzene rings is 2. The number of sulfonamides is 1. The number of anilines is 1. The Morgan fingerprint density at radius 3 is 2.33 bits per heavy atom. The molecule has 0 atom stereocenters. The van der Waals surface area contributed by atoms with Gasteiger partial charge in [0, 0.05) is 17.1 Å². The lowest BCUT2D eigenvalue weighted by Gasteiger charge is -2.20. The lowest BCUT2D eigenvalue weighted by atomic mass is 10.2. The van der Waals surface area contributed by atoms with Crippen LogP contribution in [0.3, 0.4) is 0 Å². The zero-order chi connectivity index (χ0) is 15.6. The van der Waals surface area contributed by atoms with E-state index in [4.69, 9.17) is 18.0 Å². The Labute approximate surface area is 137 Å². The number of halogens is 1. The number of rotatable bonds is 4. The number of nitrogens with zero attached hydrogens (tertiary/aromatic N) is 1. The smallest absolute Gasteiger partial charge is 0.264 e. The third-order valence-corrected chi connectivity index (χ3v) is 5.48. The van der Waals surface area contributed by atoms with E-state index in [9.17, 15) is 8.42 Å². The fourth-order valence-electron chi connectivity index (χ4n) is 1.76. The minimum absolute atomic E-state index is 0.220. The molecule has 0 heterocycles. The molecule has 0 fully saturated rings. The van der Waals surface area contributed by atoms with Crippen LogP contribution in [0.5, 0.6) is 0 Å². The minimum atomic E-state index is -3.61. The molecule has 4 nitrogen and oxygen atoms in total. The Morgan fingerprint density at radius 2 is 1.81 bits per heavy atom. The molecule has 0 aliphatic carbocycles. The van der Waals surface area contributed by atoms with Crippen molar-refractivity contribution in [3.05, 3.63) is 58.6 Å². The summed E-state index contributed by atoms with van der Waals surface area (Å²) in [6, 6.07) is 13.3. The number of hydrogen-bond donors (Lipinski definition) is 1. The van der Waals surface area contributed by atoms with Crippen molar-refractivity contribution < 1.29 is 8.42 Å². The minimum Gasteiger partial charge on any atom is -0.389 e. The van der Waals surface area contributed by atoms with Gasteiger partial charge in [-0.15, -0.1) is 0 Å². The zero-order valence-corrected chi connectivity index (χ0v) is 14.4. The molecule has 0 aromatic heterocycles. The zero-order valence-electron chi connectivity index (χ0n) is 11.2. The highest BCUT2D eigenvalue weighted by Crippen LogP contribution is 2.24. The molecule has 110 valence electrons. The molecule has 0 amide bonds. The van der Waals surface area contributed by atoms with Crippen molar-refractivity contribution >= 4 is 48.8 Å². The molecule has 2 aromatic rings. The molecule has 2 N–H and O–H groups in total. The van der Waals surface area contributed by atoms with E-state index in [-0.39, 0.29) is 9.88 Å². The van der Waals surface area contributed by atoms with Crippen LogP contribution in [0.15, 0.2) is 57.9 Å². The molecule has 0 spiro atoms. The highest BCUT2D eigenvalue weighted by Gasteiger charge is 2.21. The van der Waals surface area contributed by atoms with E-state index in [2.05, 4.69) is 15.9 Å². The van der Waals surface area contributed by atoms with E-state index in [1.807, 2.05) is 0 Å². The van der Waals surface area contributed by atoms with E-state index >= 15 is 0 Å². The molecule has 2 aromatic carbocycles. The maximum absolute atomic E-state index is 12.6.